The summed E-state index contributed by atoms with van der Waals surface area (Å²) in [5.74, 6) is 5.00. The van der Waals surface area contributed by atoms with Crippen molar-refractivity contribution in [3.05, 3.63) is 0 Å². The van der Waals surface area contributed by atoms with Crippen molar-refractivity contribution in [3.8, 4) is 0 Å². The van der Waals surface area contributed by atoms with E-state index in [1.54, 1.807) is 0 Å². The third-order valence-electron chi connectivity index (χ3n) is 9.63. The second-order valence-corrected chi connectivity index (χ2v) is 10.3. The van der Waals surface area contributed by atoms with Crippen LogP contribution in [0.15, 0.2) is 0 Å². The van der Waals surface area contributed by atoms with E-state index in [-0.39, 0.29) is 6.10 Å². The molecule has 0 amide bonds. The van der Waals surface area contributed by atoms with Crippen LogP contribution < -0.4 is 0 Å². The topological polar surface area (TPSA) is 20.2 Å². The first kappa shape index (κ1) is 16.4. The van der Waals surface area contributed by atoms with Gasteiger partial charge in [0.2, 0.25) is 0 Å². The van der Waals surface area contributed by atoms with E-state index in [4.69, 9.17) is 0 Å². The Bertz CT molecular complexity index is 457. The minimum atomic E-state index is -0.0140. The first-order chi connectivity index (χ1) is 10.9. The molecule has 0 spiro atoms. The number of fused-ring (bicyclic) bond motifs is 5. The Kier molecular flexibility index (Phi) is 3.91. The third kappa shape index (κ3) is 2.14. The van der Waals surface area contributed by atoms with Crippen LogP contribution in [0.4, 0.5) is 0 Å². The van der Waals surface area contributed by atoms with Gasteiger partial charge in [0.25, 0.3) is 0 Å². The largest absolute Gasteiger partial charge is 0.393 e. The maximum atomic E-state index is 11.0. The standard InChI is InChI=1S/C22H38O/c1-5-16-14(2)12-19-15-13-20(23)18-8-6-7-10-21(18,3)17(15)9-11-22(16,19)4/h14-20,23H,5-13H2,1-4H3/t14-,15-,16+,17+,18?,19+,20+,21-,22-/m1/s1. The van der Waals surface area contributed by atoms with Crippen molar-refractivity contribution in [3.63, 3.8) is 0 Å². The Morgan fingerprint density at radius 2 is 1.70 bits per heavy atom. The van der Waals surface area contributed by atoms with Gasteiger partial charge in [0.1, 0.15) is 0 Å². The summed E-state index contributed by atoms with van der Waals surface area (Å²) in [4.78, 5) is 0. The summed E-state index contributed by atoms with van der Waals surface area (Å²) in [6, 6.07) is 0. The summed E-state index contributed by atoms with van der Waals surface area (Å²) >= 11 is 0. The molecule has 0 radical (unpaired) electrons. The molecule has 4 fully saturated rings. The van der Waals surface area contributed by atoms with E-state index < -0.39 is 0 Å². The van der Waals surface area contributed by atoms with Gasteiger partial charge in [0, 0.05) is 0 Å². The summed E-state index contributed by atoms with van der Waals surface area (Å²) in [6.07, 6.45) is 12.2. The fourth-order valence-corrected chi connectivity index (χ4v) is 8.69. The van der Waals surface area contributed by atoms with E-state index in [9.17, 15) is 5.11 Å². The van der Waals surface area contributed by atoms with Crippen molar-refractivity contribution in [1.82, 2.24) is 0 Å². The van der Waals surface area contributed by atoms with Gasteiger partial charge in [-0.15, -0.1) is 0 Å². The molecule has 132 valence electrons. The first-order valence-electron chi connectivity index (χ1n) is 10.6. The van der Waals surface area contributed by atoms with E-state index in [0.29, 0.717) is 16.7 Å². The molecule has 1 nitrogen and oxygen atoms in total. The summed E-state index contributed by atoms with van der Waals surface area (Å²) in [5.41, 5.74) is 1.00. The molecule has 4 rings (SSSR count). The maximum absolute atomic E-state index is 11.0. The third-order valence-corrected chi connectivity index (χ3v) is 9.63. The lowest BCUT2D eigenvalue weighted by atomic mass is 9.44. The van der Waals surface area contributed by atoms with Gasteiger partial charge in [-0.2, -0.15) is 0 Å². The highest BCUT2D eigenvalue weighted by molar-refractivity contribution is 5.11. The van der Waals surface area contributed by atoms with Gasteiger partial charge in [-0.05, 0) is 84.9 Å². The van der Waals surface area contributed by atoms with Gasteiger partial charge < -0.3 is 5.11 Å². The molecular weight excluding hydrogens is 280 g/mol. The van der Waals surface area contributed by atoms with E-state index in [1.165, 1.54) is 51.4 Å². The molecule has 0 saturated heterocycles. The molecule has 1 unspecified atom stereocenters. The highest BCUT2D eigenvalue weighted by Gasteiger charge is 2.62. The second kappa shape index (κ2) is 5.48. The highest BCUT2D eigenvalue weighted by Crippen LogP contribution is 2.68. The van der Waals surface area contributed by atoms with Crippen LogP contribution in [-0.4, -0.2) is 11.2 Å². The van der Waals surface area contributed by atoms with Crippen molar-refractivity contribution in [1.29, 1.82) is 0 Å². The summed E-state index contributed by atoms with van der Waals surface area (Å²) in [6.45, 7) is 10.1. The molecular formula is C22H38O. The maximum Gasteiger partial charge on any atom is 0.0576 e. The van der Waals surface area contributed by atoms with Crippen LogP contribution in [0.2, 0.25) is 0 Å². The average molecular weight is 319 g/mol. The Balaban J connectivity index is 1.67. The molecule has 0 aliphatic heterocycles. The van der Waals surface area contributed by atoms with E-state index in [2.05, 4.69) is 27.7 Å². The Hall–Kier alpha value is -0.0400. The van der Waals surface area contributed by atoms with E-state index in [1.807, 2.05) is 0 Å². The number of aliphatic hydroxyl groups is 1. The molecule has 0 aromatic heterocycles. The van der Waals surface area contributed by atoms with Crippen LogP contribution >= 0.6 is 0 Å². The van der Waals surface area contributed by atoms with Crippen molar-refractivity contribution in [2.45, 2.75) is 91.6 Å². The Morgan fingerprint density at radius 1 is 0.913 bits per heavy atom. The minimum absolute atomic E-state index is 0.0140. The van der Waals surface area contributed by atoms with Crippen molar-refractivity contribution < 1.29 is 5.11 Å². The van der Waals surface area contributed by atoms with Crippen LogP contribution in [0, 0.1) is 46.3 Å². The van der Waals surface area contributed by atoms with Crippen molar-refractivity contribution in [2.75, 3.05) is 0 Å². The smallest absolute Gasteiger partial charge is 0.0576 e. The lowest BCUT2D eigenvalue weighted by Crippen LogP contribution is -2.56. The lowest BCUT2D eigenvalue weighted by Gasteiger charge is -2.61. The van der Waals surface area contributed by atoms with Crippen molar-refractivity contribution >= 4 is 0 Å². The molecule has 4 aliphatic carbocycles. The molecule has 23 heavy (non-hydrogen) atoms. The SMILES string of the molecule is CC[C@H]1[C@H](C)C[C@H]2[C@@H]3C[C@H](O)C4CCCC[C@]4(C)[C@H]3CC[C@@]21C. The Labute approximate surface area is 143 Å². The quantitative estimate of drug-likeness (QED) is 0.661. The number of hydrogen-bond acceptors (Lipinski definition) is 1. The van der Waals surface area contributed by atoms with Gasteiger partial charge in [0.15, 0.2) is 0 Å². The normalized spacial score (nSPS) is 59.1. The predicted molar refractivity (Wildman–Crippen MR) is 96.1 cm³/mol. The van der Waals surface area contributed by atoms with Gasteiger partial charge >= 0.3 is 0 Å². The molecule has 4 aliphatic rings. The average Bonchev–Trinajstić information content (AvgIpc) is 2.77. The van der Waals surface area contributed by atoms with Crippen LogP contribution in [0.1, 0.15) is 85.5 Å². The molecule has 9 atom stereocenters. The number of rotatable bonds is 1. The Morgan fingerprint density at radius 3 is 2.43 bits per heavy atom. The highest BCUT2D eigenvalue weighted by atomic mass is 16.3. The van der Waals surface area contributed by atoms with Gasteiger partial charge in [0.05, 0.1) is 6.10 Å². The van der Waals surface area contributed by atoms with Crippen LogP contribution in [-0.2, 0) is 0 Å². The zero-order valence-corrected chi connectivity index (χ0v) is 15.9. The van der Waals surface area contributed by atoms with Crippen LogP contribution in [0.5, 0.6) is 0 Å². The lowest BCUT2D eigenvalue weighted by molar-refractivity contribution is -0.157. The monoisotopic (exact) mass is 318 g/mol. The van der Waals surface area contributed by atoms with E-state index >= 15 is 0 Å². The second-order valence-electron chi connectivity index (χ2n) is 10.3. The molecule has 0 bridgehead atoms. The molecule has 0 aromatic rings. The van der Waals surface area contributed by atoms with E-state index in [0.717, 1.165) is 36.0 Å². The summed E-state index contributed by atoms with van der Waals surface area (Å²) < 4.78 is 0. The molecule has 0 aromatic carbocycles. The van der Waals surface area contributed by atoms with Crippen LogP contribution in [0.25, 0.3) is 0 Å². The summed E-state index contributed by atoms with van der Waals surface area (Å²) in [5, 5.41) is 11.0. The minimum Gasteiger partial charge on any atom is -0.393 e. The number of hydrogen-bond donors (Lipinski definition) is 1. The molecule has 1 N–H and O–H groups in total. The zero-order valence-electron chi connectivity index (χ0n) is 15.9. The molecule has 4 saturated carbocycles. The first-order valence-corrected chi connectivity index (χ1v) is 10.6. The van der Waals surface area contributed by atoms with Crippen molar-refractivity contribution in [2.24, 2.45) is 46.3 Å². The summed E-state index contributed by atoms with van der Waals surface area (Å²) in [7, 11) is 0. The van der Waals surface area contributed by atoms with Gasteiger partial charge in [-0.25, -0.2) is 0 Å². The number of aliphatic hydroxyl groups excluding tert-OH is 1. The molecule has 1 heteroatoms. The molecule has 0 heterocycles. The zero-order chi connectivity index (χ0) is 16.4. The predicted octanol–water partition coefficient (Wildman–Crippen LogP) is 5.66. The fourth-order valence-electron chi connectivity index (χ4n) is 8.69. The fraction of sp³-hybridized carbons (Fsp3) is 1.00. The van der Waals surface area contributed by atoms with Crippen LogP contribution in [0.3, 0.4) is 0 Å². The van der Waals surface area contributed by atoms with Gasteiger partial charge in [-0.1, -0.05) is 47.0 Å². The van der Waals surface area contributed by atoms with Gasteiger partial charge in [-0.3, -0.25) is 0 Å².